The van der Waals surface area contributed by atoms with Crippen molar-refractivity contribution in [3.05, 3.63) is 15.6 Å². The largest absolute Gasteiger partial charge is 0.378 e. The van der Waals surface area contributed by atoms with Gasteiger partial charge >= 0.3 is 0 Å². The van der Waals surface area contributed by atoms with E-state index in [1.165, 1.54) is 30.6 Å². The van der Waals surface area contributed by atoms with E-state index in [1.807, 2.05) is 6.92 Å². The fraction of sp³-hybridized carbons (Fsp3) is 0.750. The normalized spacial score (nSPS) is 16.2. The smallest absolute Gasteiger partial charge is 0.191 e. The molecule has 1 saturated carbocycles. The van der Waals surface area contributed by atoms with Crippen LogP contribution in [0.3, 0.4) is 0 Å². The second-order valence-electron chi connectivity index (χ2n) is 5.72. The average molecular weight is 324 g/mol. The van der Waals surface area contributed by atoms with Crippen molar-refractivity contribution in [1.82, 2.24) is 15.6 Å². The van der Waals surface area contributed by atoms with Gasteiger partial charge in [0, 0.05) is 25.1 Å². The van der Waals surface area contributed by atoms with Gasteiger partial charge in [-0.25, -0.2) is 4.98 Å². The van der Waals surface area contributed by atoms with Gasteiger partial charge in [0.25, 0.3) is 0 Å². The number of nitrogens with one attached hydrogen (secondary N) is 2. The Kier molecular flexibility index (Phi) is 7.12. The molecule has 0 aromatic carbocycles. The average Bonchev–Trinajstić information content (AvgIpc) is 3.11. The predicted molar refractivity (Wildman–Crippen MR) is 92.6 cm³/mol. The Bertz CT molecular complexity index is 480. The summed E-state index contributed by atoms with van der Waals surface area (Å²) in [4.78, 5) is 9.96. The van der Waals surface area contributed by atoms with E-state index in [4.69, 9.17) is 4.74 Å². The summed E-state index contributed by atoms with van der Waals surface area (Å²) in [6.07, 6.45) is 6.66. The van der Waals surface area contributed by atoms with Gasteiger partial charge in [0.2, 0.25) is 0 Å². The minimum absolute atomic E-state index is 0.509. The maximum Gasteiger partial charge on any atom is 0.191 e. The van der Waals surface area contributed by atoms with Gasteiger partial charge in [-0.1, -0.05) is 12.8 Å². The second-order valence-corrected chi connectivity index (χ2v) is 7.01. The van der Waals surface area contributed by atoms with E-state index >= 15 is 0 Å². The molecule has 0 amide bonds. The van der Waals surface area contributed by atoms with E-state index < -0.39 is 0 Å². The van der Waals surface area contributed by atoms with Crippen LogP contribution in [0.4, 0.5) is 0 Å². The number of thiazole rings is 1. The fourth-order valence-electron chi connectivity index (χ4n) is 2.71. The fourth-order valence-corrected chi connectivity index (χ4v) is 3.58. The van der Waals surface area contributed by atoms with Crippen LogP contribution < -0.4 is 10.6 Å². The highest BCUT2D eigenvalue weighted by atomic mass is 32.1. The van der Waals surface area contributed by atoms with Crippen LogP contribution in [0.2, 0.25) is 0 Å². The molecule has 5 nitrogen and oxygen atoms in total. The molecule has 0 radical (unpaired) electrons. The first-order valence-corrected chi connectivity index (χ1v) is 8.99. The number of rotatable bonds is 7. The zero-order valence-corrected chi connectivity index (χ0v) is 14.8. The van der Waals surface area contributed by atoms with Gasteiger partial charge in [-0.05, 0) is 33.1 Å². The van der Waals surface area contributed by atoms with Gasteiger partial charge in [-0.3, -0.25) is 4.99 Å². The maximum absolute atomic E-state index is 5.86. The first-order valence-electron chi connectivity index (χ1n) is 8.18. The molecule has 2 rings (SSSR count). The van der Waals surface area contributed by atoms with Gasteiger partial charge in [0.1, 0.15) is 0 Å². The third-order valence-corrected chi connectivity index (χ3v) is 4.98. The van der Waals surface area contributed by atoms with Crippen molar-refractivity contribution in [2.45, 2.75) is 58.6 Å². The van der Waals surface area contributed by atoms with Crippen molar-refractivity contribution in [2.75, 3.05) is 20.2 Å². The van der Waals surface area contributed by atoms with E-state index in [-0.39, 0.29) is 0 Å². The minimum atomic E-state index is 0.509. The summed E-state index contributed by atoms with van der Waals surface area (Å²) in [6, 6.07) is 0. The molecule has 1 aromatic heterocycles. The second kappa shape index (κ2) is 9.10. The molecule has 0 spiro atoms. The lowest BCUT2D eigenvalue weighted by atomic mass is 10.3. The Morgan fingerprint density at radius 1 is 1.32 bits per heavy atom. The number of aromatic nitrogens is 1. The first-order chi connectivity index (χ1) is 10.7. The van der Waals surface area contributed by atoms with Crippen LogP contribution in [0.25, 0.3) is 0 Å². The van der Waals surface area contributed by atoms with Gasteiger partial charge in [-0.15, -0.1) is 11.3 Å². The summed E-state index contributed by atoms with van der Waals surface area (Å²) in [7, 11) is 1.80. The predicted octanol–water partition coefficient (Wildman–Crippen LogP) is 2.77. The highest BCUT2D eigenvalue weighted by Crippen LogP contribution is 2.20. The lowest BCUT2D eigenvalue weighted by Gasteiger charge is -2.13. The summed E-state index contributed by atoms with van der Waals surface area (Å²) >= 11 is 1.74. The van der Waals surface area contributed by atoms with E-state index in [0.29, 0.717) is 6.10 Å². The molecule has 1 aliphatic rings. The summed E-state index contributed by atoms with van der Waals surface area (Å²) in [5.74, 6) is 0.839. The molecule has 124 valence electrons. The molecule has 1 fully saturated rings. The van der Waals surface area contributed by atoms with Crippen molar-refractivity contribution in [1.29, 1.82) is 0 Å². The molecule has 0 bridgehead atoms. The Morgan fingerprint density at radius 2 is 2.09 bits per heavy atom. The Hall–Kier alpha value is -1.14. The molecular formula is C16H28N4OS. The van der Waals surface area contributed by atoms with Crippen LogP contribution >= 0.6 is 11.3 Å². The molecular weight excluding hydrogens is 296 g/mol. The van der Waals surface area contributed by atoms with Crippen molar-refractivity contribution in [3.8, 4) is 0 Å². The molecule has 0 aliphatic heterocycles. The number of hydrogen-bond acceptors (Lipinski definition) is 4. The SMILES string of the molecule is CN=C(NCCCOC1CCCC1)NCc1sc(C)nc1C. The van der Waals surface area contributed by atoms with E-state index in [9.17, 15) is 0 Å². The molecule has 6 heteroatoms. The first kappa shape index (κ1) is 17.2. The third-order valence-electron chi connectivity index (χ3n) is 3.91. The highest BCUT2D eigenvalue weighted by molar-refractivity contribution is 7.11. The third kappa shape index (κ3) is 5.57. The maximum atomic E-state index is 5.86. The Labute approximate surface area is 137 Å². The molecule has 0 saturated heterocycles. The molecule has 1 aromatic rings. The summed E-state index contributed by atoms with van der Waals surface area (Å²) in [5, 5.41) is 7.79. The summed E-state index contributed by atoms with van der Waals surface area (Å²) in [6.45, 7) is 6.58. The van der Waals surface area contributed by atoms with Crippen LogP contribution in [-0.4, -0.2) is 37.2 Å². The number of aryl methyl sites for hydroxylation is 2. The molecule has 0 unspecified atom stereocenters. The van der Waals surface area contributed by atoms with Crippen LogP contribution in [0.15, 0.2) is 4.99 Å². The van der Waals surface area contributed by atoms with E-state index in [2.05, 4.69) is 27.5 Å². The lowest BCUT2D eigenvalue weighted by Crippen LogP contribution is -2.37. The quantitative estimate of drug-likeness (QED) is 0.460. The molecule has 1 heterocycles. The monoisotopic (exact) mass is 324 g/mol. The van der Waals surface area contributed by atoms with Gasteiger partial charge in [0.05, 0.1) is 23.4 Å². The van der Waals surface area contributed by atoms with E-state index in [1.54, 1.807) is 18.4 Å². The summed E-state index contributed by atoms with van der Waals surface area (Å²) < 4.78 is 5.86. The highest BCUT2D eigenvalue weighted by Gasteiger charge is 2.14. The van der Waals surface area contributed by atoms with Crippen LogP contribution in [-0.2, 0) is 11.3 Å². The van der Waals surface area contributed by atoms with Gasteiger partial charge < -0.3 is 15.4 Å². The minimum Gasteiger partial charge on any atom is -0.378 e. The number of ether oxygens (including phenoxy) is 1. The van der Waals surface area contributed by atoms with Crippen molar-refractivity contribution < 1.29 is 4.74 Å². The van der Waals surface area contributed by atoms with Crippen LogP contribution in [0, 0.1) is 13.8 Å². The number of nitrogens with zero attached hydrogens (tertiary/aromatic N) is 2. The van der Waals surface area contributed by atoms with Crippen LogP contribution in [0.1, 0.15) is 47.7 Å². The van der Waals surface area contributed by atoms with Gasteiger partial charge in [0.15, 0.2) is 5.96 Å². The summed E-state index contributed by atoms with van der Waals surface area (Å²) in [5.41, 5.74) is 1.11. The number of hydrogen-bond donors (Lipinski definition) is 2. The Morgan fingerprint density at radius 3 is 2.73 bits per heavy atom. The van der Waals surface area contributed by atoms with Crippen molar-refractivity contribution in [2.24, 2.45) is 4.99 Å². The number of guanidine groups is 1. The molecule has 22 heavy (non-hydrogen) atoms. The molecule has 1 aliphatic carbocycles. The molecule has 0 atom stereocenters. The Balaban J connectivity index is 1.59. The van der Waals surface area contributed by atoms with Crippen molar-refractivity contribution in [3.63, 3.8) is 0 Å². The lowest BCUT2D eigenvalue weighted by molar-refractivity contribution is 0.0574. The van der Waals surface area contributed by atoms with E-state index in [0.717, 1.165) is 42.8 Å². The van der Waals surface area contributed by atoms with Crippen LogP contribution in [0.5, 0.6) is 0 Å². The zero-order chi connectivity index (χ0) is 15.8. The van der Waals surface area contributed by atoms with Crippen molar-refractivity contribution >= 4 is 17.3 Å². The standard InChI is InChI=1S/C16H28N4OS/c1-12-15(22-13(2)20-12)11-19-16(17-3)18-9-6-10-21-14-7-4-5-8-14/h14H,4-11H2,1-3H3,(H2,17,18,19). The number of aliphatic imine (C=N–C) groups is 1. The zero-order valence-electron chi connectivity index (χ0n) is 13.9. The van der Waals surface area contributed by atoms with Gasteiger partial charge in [-0.2, -0.15) is 0 Å². The topological polar surface area (TPSA) is 58.5 Å². The molecule has 2 N–H and O–H groups in total.